The summed E-state index contributed by atoms with van der Waals surface area (Å²) >= 11 is 1.31. The van der Waals surface area contributed by atoms with Crippen LogP contribution < -0.4 is 0 Å². The van der Waals surface area contributed by atoms with Gasteiger partial charge < -0.3 is 0 Å². The van der Waals surface area contributed by atoms with Crippen LogP contribution in [0.5, 0.6) is 0 Å². The van der Waals surface area contributed by atoms with Gasteiger partial charge in [0.1, 0.15) is 0 Å². The van der Waals surface area contributed by atoms with Crippen LogP contribution in [-0.4, -0.2) is 3.18 Å². The van der Waals surface area contributed by atoms with E-state index in [4.69, 9.17) is 0 Å². The zero-order valence-electron chi connectivity index (χ0n) is 2.35. The van der Waals surface area contributed by atoms with Crippen LogP contribution in [0.25, 0.3) is 0 Å². The van der Waals surface area contributed by atoms with E-state index >= 15 is 0 Å². The van der Waals surface area contributed by atoms with Gasteiger partial charge in [0, 0.05) is 57.9 Å². The summed E-state index contributed by atoms with van der Waals surface area (Å²) in [6.07, 6.45) is 0. The largest absolute Gasteiger partial charge is 0 e. The number of hydrogen-bond donors (Lipinski definition) is 0. The van der Waals surface area contributed by atoms with Crippen LogP contribution in [0.4, 0.5) is 0 Å². The van der Waals surface area contributed by atoms with Gasteiger partial charge in [-0.25, -0.2) is 0 Å². The minimum Gasteiger partial charge on any atom is 0 e. The predicted molar refractivity (Wildman–Crippen MR) is 8.54 cm³/mol. The standard InChI is InChI=1S/BH2.Fe.2Nd/h1H2;;;/q+1;;;-1. The molecule has 0 aliphatic rings. The Hall–Kier alpha value is 3.29. The summed E-state index contributed by atoms with van der Waals surface area (Å²) in [6.45, 7) is 0. The van der Waals surface area contributed by atoms with E-state index in [2.05, 4.69) is 3.18 Å². The molecule has 0 rings (SSSR count). The fourth-order valence-electron chi connectivity index (χ4n) is 0. The third kappa shape index (κ3) is 8.99. The summed E-state index contributed by atoms with van der Waals surface area (Å²) in [4.78, 5) is 0. The molecule has 0 spiro atoms. The van der Waals surface area contributed by atoms with Crippen molar-refractivity contribution in [2.45, 2.75) is 0 Å². The van der Waals surface area contributed by atoms with E-state index in [1.54, 1.807) is 0 Å². The van der Waals surface area contributed by atoms with E-state index in [9.17, 15) is 0 Å². The maximum Gasteiger partial charge on any atom is 0 e. The molecule has 0 aromatic rings. The van der Waals surface area contributed by atoms with Crippen molar-refractivity contribution in [3.05, 3.63) is 0 Å². The third-order valence-corrected chi connectivity index (χ3v) is 0. The first-order chi connectivity index (χ1) is 1.00. The van der Waals surface area contributed by atoms with Crippen molar-refractivity contribution in [1.29, 1.82) is 0 Å². The Bertz CT molecular complexity index is 6.00. The summed E-state index contributed by atoms with van der Waals surface area (Å²) in [7, 11) is 0. The van der Waals surface area contributed by atoms with Gasteiger partial charge in [-0.2, -0.15) is 0 Å². The van der Waals surface area contributed by atoms with E-state index in [1.165, 1.54) is 38.5 Å². The summed E-state index contributed by atoms with van der Waals surface area (Å²) in [5.41, 5.74) is 0. The maximum absolute atomic E-state index is 2.14. The summed E-state index contributed by atoms with van der Waals surface area (Å²) < 4.78 is 2.14. The molecule has 0 aromatic heterocycles. The van der Waals surface area contributed by atoms with Gasteiger partial charge in [0.2, 0.25) is 0 Å². The van der Waals surface area contributed by atoms with Crippen LogP contribution in [0.1, 0.15) is 0 Å². The second-order valence-electron chi connectivity index (χ2n) is 0. The van der Waals surface area contributed by atoms with Crippen molar-refractivity contribution in [2.75, 3.05) is 0 Å². The summed E-state index contributed by atoms with van der Waals surface area (Å²) in [6, 6.07) is 0. The Kier molecular flexibility index (Phi) is 63.7. The molecule has 0 amide bonds. The molecule has 4 heavy (non-hydrogen) atoms. The van der Waals surface area contributed by atoms with Crippen LogP contribution in [0, 0.1) is 79.3 Å². The number of hydrogen-bond acceptors (Lipinski definition) is 0. The summed E-state index contributed by atoms with van der Waals surface area (Å²) in [5.74, 6) is 0. The molecule has 4 heteroatoms. The molecule has 0 atom stereocenters. The molecule has 0 heterocycles. The van der Waals surface area contributed by atoms with Crippen molar-refractivity contribution >= 4 is 3.18 Å². The third-order valence-electron chi connectivity index (χ3n) is 0. The fraction of sp³-hybridized carbons (Fsp3) is 0. The molecule has 0 saturated carbocycles. The molecule has 0 fully saturated rings. The monoisotopic (exact) mass is 353 g/mol. The average molecular weight is 357 g/mol. The minimum atomic E-state index is 0. The van der Waals surface area contributed by atoms with Gasteiger partial charge >= 0.3 is 41.7 Å². The van der Waals surface area contributed by atoms with Crippen molar-refractivity contribution in [1.82, 2.24) is 0 Å². The molecule has 0 saturated heterocycles. The Morgan fingerprint density at radius 3 is 1.25 bits per heavy atom. The van der Waals surface area contributed by atoms with Crippen LogP contribution in [-0.2, 0) is 17.1 Å². The van der Waals surface area contributed by atoms with Crippen molar-refractivity contribution in [3.63, 3.8) is 0 Å². The molecule has 0 aliphatic carbocycles. The van der Waals surface area contributed by atoms with Gasteiger partial charge in [0.05, 0.1) is 0 Å². The quantitative estimate of drug-likeness (QED) is 0.492. The predicted octanol–water partition coefficient (Wildman–Crippen LogP) is -0.919. The van der Waals surface area contributed by atoms with E-state index < -0.39 is 0 Å². The minimum absolute atomic E-state index is 0. The van der Waals surface area contributed by atoms with E-state index in [1.807, 2.05) is 0 Å². The summed E-state index contributed by atoms with van der Waals surface area (Å²) in [5, 5.41) is 0. The van der Waals surface area contributed by atoms with Crippen LogP contribution in [0.15, 0.2) is 0 Å². The van der Waals surface area contributed by atoms with Gasteiger partial charge in [-0.1, -0.05) is 0 Å². The Morgan fingerprint density at radius 1 is 1.25 bits per heavy atom. The maximum atomic E-state index is 2.14. The second kappa shape index (κ2) is 16.3. The average Bonchev–Trinajstić information content (AvgIpc) is 1.00. The molecular formula is H2BFeNd2. The first kappa shape index (κ1) is 15.7. The van der Waals surface area contributed by atoms with Gasteiger partial charge in [0.25, 0.3) is 0 Å². The zero-order chi connectivity index (χ0) is 2.00. The van der Waals surface area contributed by atoms with Crippen molar-refractivity contribution < 1.29 is 96.4 Å². The number of rotatable bonds is 0. The molecule has 21 valence electrons. The Labute approximate surface area is 96.7 Å². The molecule has 0 bridgehead atoms. The first-order valence-electron chi connectivity index (χ1n) is 0.500. The fourth-order valence-corrected chi connectivity index (χ4v) is 0. The SMILES string of the molecule is [BH2][Nd].[Fe].[Nd]. The van der Waals surface area contributed by atoms with Crippen molar-refractivity contribution in [2.24, 2.45) is 0 Å². The second-order valence-corrected chi connectivity index (χ2v) is 0. The molecule has 0 unspecified atom stereocenters. The van der Waals surface area contributed by atoms with Gasteiger partial charge in [-0.3, -0.25) is 0 Å². The smallest absolute Gasteiger partial charge is 0 e. The van der Waals surface area contributed by atoms with Gasteiger partial charge in [0.15, 0.2) is 0 Å². The van der Waals surface area contributed by atoms with Crippen LogP contribution >= 0.6 is 0 Å². The molecule has 0 nitrogen and oxygen atoms in total. The first-order valence-corrected chi connectivity index (χ1v) is 3.71. The van der Waals surface area contributed by atoms with Crippen molar-refractivity contribution in [3.8, 4) is 0 Å². The molecular weight excluding hydrogens is 355 g/mol. The van der Waals surface area contributed by atoms with E-state index in [-0.39, 0.29) is 57.9 Å². The Balaban J connectivity index is -0.00000000500. The Morgan fingerprint density at radius 2 is 1.25 bits per heavy atom. The molecule has 0 N–H and O–H groups in total. The normalized spacial score (nSPS) is 0.750. The van der Waals surface area contributed by atoms with E-state index in [0.29, 0.717) is 0 Å². The van der Waals surface area contributed by atoms with Crippen LogP contribution in [0.3, 0.4) is 0 Å². The van der Waals surface area contributed by atoms with Crippen LogP contribution in [0.2, 0.25) is 0 Å². The molecule has 0 aliphatic heterocycles. The van der Waals surface area contributed by atoms with E-state index in [0.717, 1.165) is 0 Å². The topological polar surface area (TPSA) is 0 Å². The zero-order valence-corrected chi connectivity index (χ0v) is 9.87. The molecule has 0 aromatic carbocycles. The van der Waals surface area contributed by atoms with Gasteiger partial charge in [-0.15, -0.1) is 0 Å². The van der Waals surface area contributed by atoms with Gasteiger partial charge in [-0.05, 0) is 0 Å². The molecule has 0 radical (unpaired) electrons.